The van der Waals surface area contributed by atoms with E-state index in [0.29, 0.717) is 50.5 Å². The molecule has 5 rings (SSSR count). The molecule has 3 unspecified atom stereocenters. The zero-order chi connectivity index (χ0) is 29.3. The van der Waals surface area contributed by atoms with Crippen LogP contribution in [-0.2, 0) is 31.0 Å². The third-order valence-electron chi connectivity index (χ3n) is 8.94. The molecule has 220 valence electrons. The fraction of sp³-hybridized carbons (Fsp3) is 0.516. The van der Waals surface area contributed by atoms with Crippen LogP contribution in [0.3, 0.4) is 0 Å². The van der Waals surface area contributed by atoms with Crippen molar-refractivity contribution in [2.75, 3.05) is 57.4 Å². The van der Waals surface area contributed by atoms with Gasteiger partial charge < -0.3 is 19.6 Å². The number of halogens is 1. The lowest BCUT2D eigenvalue weighted by Crippen LogP contribution is -2.63. The van der Waals surface area contributed by atoms with Crippen molar-refractivity contribution in [1.29, 1.82) is 0 Å². The van der Waals surface area contributed by atoms with Gasteiger partial charge in [-0.3, -0.25) is 24.2 Å². The highest BCUT2D eigenvalue weighted by atomic mass is 19.1. The number of rotatable bonds is 8. The average molecular weight is 567 g/mol. The number of aliphatic carboxylic acids is 1. The van der Waals surface area contributed by atoms with Gasteiger partial charge in [0.25, 0.3) is 0 Å². The van der Waals surface area contributed by atoms with Gasteiger partial charge in [0.2, 0.25) is 12.3 Å². The van der Waals surface area contributed by atoms with Crippen LogP contribution in [0.1, 0.15) is 37.5 Å². The molecule has 2 aromatic carbocycles. The number of fused-ring (bicyclic) bond motifs is 1. The lowest BCUT2D eigenvalue weighted by molar-refractivity contribution is -0.142. The average Bonchev–Trinajstić information content (AvgIpc) is 3.26. The second-order valence-corrected chi connectivity index (χ2v) is 11.9. The standard InChI is InChI=1S/C31H39FN4O5/c1-21-14-34(26(16-35(21)20-37)15-33-10-11-41-18-22(33)2)17-29(38)36-19-31(3,30(39)40)27-9-6-24(13-28(27)36)12-23-4-7-25(32)8-5-23/h4-9,13,20-22,26H,10-12,14-19H2,1-3H3,(H,39,40)/t21?,22?,26-,31?/m0/s1. The summed E-state index contributed by atoms with van der Waals surface area (Å²) in [5, 5.41) is 10.2. The van der Waals surface area contributed by atoms with Crippen LogP contribution in [0.15, 0.2) is 42.5 Å². The minimum absolute atomic E-state index is 0.0429. The fourth-order valence-electron chi connectivity index (χ4n) is 6.32. The van der Waals surface area contributed by atoms with Gasteiger partial charge in [-0.15, -0.1) is 0 Å². The Labute approximate surface area is 240 Å². The van der Waals surface area contributed by atoms with Crippen molar-refractivity contribution < 1.29 is 28.6 Å². The second kappa shape index (κ2) is 11.9. The number of benzene rings is 2. The number of carboxylic acids is 1. The Kier molecular flexibility index (Phi) is 8.45. The van der Waals surface area contributed by atoms with Crippen LogP contribution >= 0.6 is 0 Å². The first-order chi connectivity index (χ1) is 19.6. The van der Waals surface area contributed by atoms with Gasteiger partial charge in [-0.05, 0) is 62.1 Å². The number of piperazine rings is 1. The molecule has 3 aliphatic heterocycles. The van der Waals surface area contributed by atoms with Gasteiger partial charge in [0.15, 0.2) is 0 Å². The van der Waals surface area contributed by atoms with E-state index in [4.69, 9.17) is 4.74 Å². The maximum atomic E-state index is 14.0. The molecule has 9 nitrogen and oxygen atoms in total. The van der Waals surface area contributed by atoms with Gasteiger partial charge in [0.05, 0.1) is 19.8 Å². The first-order valence-electron chi connectivity index (χ1n) is 14.3. The molecule has 0 spiro atoms. The molecule has 4 atom stereocenters. The van der Waals surface area contributed by atoms with Crippen molar-refractivity contribution >= 4 is 24.0 Å². The van der Waals surface area contributed by atoms with Crippen LogP contribution in [0.2, 0.25) is 0 Å². The van der Waals surface area contributed by atoms with E-state index in [1.807, 2.05) is 25.1 Å². The van der Waals surface area contributed by atoms with Crippen molar-refractivity contribution in [2.24, 2.45) is 0 Å². The molecule has 3 aliphatic rings. The van der Waals surface area contributed by atoms with E-state index in [1.54, 1.807) is 28.9 Å². The summed E-state index contributed by atoms with van der Waals surface area (Å²) in [5.74, 6) is -1.45. The molecule has 2 fully saturated rings. The van der Waals surface area contributed by atoms with Crippen LogP contribution in [0.4, 0.5) is 10.1 Å². The zero-order valence-corrected chi connectivity index (χ0v) is 24.0. The van der Waals surface area contributed by atoms with Crippen molar-refractivity contribution in [1.82, 2.24) is 14.7 Å². The lowest BCUT2D eigenvalue weighted by Gasteiger charge is -2.46. The number of hydrogen-bond acceptors (Lipinski definition) is 6. The molecule has 2 saturated heterocycles. The normalized spacial score (nSPS) is 27.1. The zero-order valence-electron chi connectivity index (χ0n) is 24.0. The molecule has 10 heteroatoms. The lowest BCUT2D eigenvalue weighted by atomic mass is 9.84. The highest BCUT2D eigenvalue weighted by Gasteiger charge is 2.47. The summed E-state index contributed by atoms with van der Waals surface area (Å²) in [4.78, 5) is 46.1. The number of amides is 2. The van der Waals surface area contributed by atoms with Crippen molar-refractivity contribution in [3.63, 3.8) is 0 Å². The molecule has 0 radical (unpaired) electrons. The van der Waals surface area contributed by atoms with Crippen LogP contribution < -0.4 is 4.90 Å². The van der Waals surface area contributed by atoms with E-state index >= 15 is 0 Å². The number of nitrogens with zero attached hydrogens (tertiary/aromatic N) is 4. The van der Waals surface area contributed by atoms with E-state index in [2.05, 4.69) is 16.7 Å². The van der Waals surface area contributed by atoms with Crippen LogP contribution in [0.5, 0.6) is 0 Å². The molecule has 1 N–H and O–H groups in total. The largest absolute Gasteiger partial charge is 0.481 e. The Balaban J connectivity index is 1.39. The summed E-state index contributed by atoms with van der Waals surface area (Å²) in [6, 6.07) is 12.0. The Bertz CT molecular complexity index is 1290. The SMILES string of the molecule is CC1CN(CC(=O)N2CC(C)(C(=O)O)c3ccc(Cc4ccc(F)cc4)cc32)[C@@H](CN2CCOCC2C)CN1C=O. The number of hydrogen-bond donors (Lipinski definition) is 1. The predicted molar refractivity (Wildman–Crippen MR) is 152 cm³/mol. The van der Waals surface area contributed by atoms with E-state index in [1.165, 1.54) is 12.1 Å². The van der Waals surface area contributed by atoms with Gasteiger partial charge in [0, 0.05) is 56.5 Å². The second-order valence-electron chi connectivity index (χ2n) is 11.9. The molecule has 0 aromatic heterocycles. The minimum Gasteiger partial charge on any atom is -0.481 e. The number of morpholine rings is 1. The summed E-state index contributed by atoms with van der Waals surface area (Å²) < 4.78 is 19.0. The summed E-state index contributed by atoms with van der Waals surface area (Å²) >= 11 is 0. The molecular weight excluding hydrogens is 527 g/mol. The summed E-state index contributed by atoms with van der Waals surface area (Å²) in [7, 11) is 0. The third kappa shape index (κ3) is 6.00. The van der Waals surface area contributed by atoms with E-state index in [9.17, 15) is 23.9 Å². The monoisotopic (exact) mass is 566 g/mol. The minimum atomic E-state index is -1.23. The molecule has 41 heavy (non-hydrogen) atoms. The molecule has 2 amide bonds. The highest BCUT2D eigenvalue weighted by Crippen LogP contribution is 2.42. The predicted octanol–water partition coefficient (Wildman–Crippen LogP) is 2.36. The Morgan fingerprint density at radius 2 is 1.80 bits per heavy atom. The summed E-state index contributed by atoms with van der Waals surface area (Å²) in [6.07, 6.45) is 1.42. The van der Waals surface area contributed by atoms with Crippen molar-refractivity contribution in [2.45, 2.75) is 50.7 Å². The molecule has 0 bridgehead atoms. The van der Waals surface area contributed by atoms with Crippen LogP contribution in [-0.4, -0.2) is 109 Å². The van der Waals surface area contributed by atoms with Crippen LogP contribution in [0, 0.1) is 5.82 Å². The van der Waals surface area contributed by atoms with Gasteiger partial charge in [-0.25, -0.2) is 4.39 Å². The van der Waals surface area contributed by atoms with Gasteiger partial charge in [0.1, 0.15) is 11.2 Å². The topological polar surface area (TPSA) is 93.6 Å². The molecular formula is C31H39FN4O5. The number of ether oxygens (including phenoxy) is 1. The Morgan fingerprint density at radius 3 is 2.49 bits per heavy atom. The quantitative estimate of drug-likeness (QED) is 0.491. The van der Waals surface area contributed by atoms with E-state index in [-0.39, 0.29) is 42.9 Å². The van der Waals surface area contributed by atoms with Gasteiger partial charge in [-0.2, -0.15) is 0 Å². The summed E-state index contributed by atoms with van der Waals surface area (Å²) in [5.41, 5.74) is 1.82. The number of anilines is 1. The fourth-order valence-corrected chi connectivity index (χ4v) is 6.32. The number of carbonyl (C=O) groups excluding carboxylic acids is 2. The molecule has 0 aliphatic carbocycles. The Hall–Kier alpha value is -3.34. The maximum Gasteiger partial charge on any atom is 0.315 e. The molecule has 0 saturated carbocycles. The van der Waals surface area contributed by atoms with Gasteiger partial charge in [-0.1, -0.05) is 24.3 Å². The maximum absolute atomic E-state index is 14.0. The summed E-state index contributed by atoms with van der Waals surface area (Å²) in [6.45, 7) is 9.81. The number of carbonyl (C=O) groups is 3. The molecule has 2 aromatic rings. The highest BCUT2D eigenvalue weighted by molar-refractivity contribution is 6.01. The van der Waals surface area contributed by atoms with E-state index < -0.39 is 11.4 Å². The third-order valence-corrected chi connectivity index (χ3v) is 8.94. The first kappa shape index (κ1) is 29.2. The number of carboxylic acid groups (broad SMARTS) is 1. The van der Waals surface area contributed by atoms with Crippen LogP contribution in [0.25, 0.3) is 0 Å². The van der Waals surface area contributed by atoms with Crippen molar-refractivity contribution in [3.05, 3.63) is 65.0 Å². The Morgan fingerprint density at radius 1 is 1.07 bits per heavy atom. The smallest absolute Gasteiger partial charge is 0.315 e. The first-order valence-corrected chi connectivity index (χ1v) is 14.3. The molecule has 3 heterocycles. The van der Waals surface area contributed by atoms with Crippen molar-refractivity contribution in [3.8, 4) is 0 Å². The van der Waals surface area contributed by atoms with Gasteiger partial charge >= 0.3 is 5.97 Å². The van der Waals surface area contributed by atoms with E-state index in [0.717, 1.165) is 24.1 Å².